The van der Waals surface area contributed by atoms with Crippen molar-refractivity contribution in [1.29, 1.82) is 0 Å². The van der Waals surface area contributed by atoms with Crippen LogP contribution in [0.5, 0.6) is 0 Å². The lowest BCUT2D eigenvalue weighted by Gasteiger charge is -2.50. The second-order valence-corrected chi connectivity index (χ2v) is 20.5. The van der Waals surface area contributed by atoms with E-state index in [2.05, 4.69) is 10.0 Å². The fourth-order valence-corrected chi connectivity index (χ4v) is 10.7. The van der Waals surface area contributed by atoms with E-state index < -0.39 is 75.1 Å². The highest BCUT2D eigenvalue weighted by Gasteiger charge is 2.57. The zero-order valence-corrected chi connectivity index (χ0v) is 43.8. The average molecular weight is 1080 g/mol. The first kappa shape index (κ1) is 56.3. The summed E-state index contributed by atoms with van der Waals surface area (Å²) in [7, 11) is -4.64. The third kappa shape index (κ3) is 15.9. The van der Waals surface area contributed by atoms with Crippen LogP contribution in [0.4, 0.5) is 0 Å². The topological polar surface area (TPSA) is 199 Å². The number of rotatable bonds is 27. The molecule has 2 N–H and O–H groups in total. The monoisotopic (exact) mass is 1080 g/mol. The van der Waals surface area contributed by atoms with E-state index in [-0.39, 0.29) is 52.9 Å². The number of azide groups is 1. The summed E-state index contributed by atoms with van der Waals surface area (Å²) >= 11 is 0. The zero-order chi connectivity index (χ0) is 53.8. The van der Waals surface area contributed by atoms with Gasteiger partial charge < -0.3 is 43.4 Å². The molecule has 0 spiro atoms. The van der Waals surface area contributed by atoms with Gasteiger partial charge in [0.1, 0.15) is 61.0 Å². The van der Waals surface area contributed by atoms with E-state index in [0.29, 0.717) is 11.1 Å². The summed E-state index contributed by atoms with van der Waals surface area (Å²) in [5, 5.41) is 29.0. The van der Waals surface area contributed by atoms with E-state index in [1.165, 1.54) is 0 Å². The molecule has 9 rings (SSSR count). The highest BCUT2D eigenvalue weighted by Crippen LogP contribution is 2.54. The molecule has 1 saturated carbocycles. The molecule has 0 radical (unpaired) electrons. The summed E-state index contributed by atoms with van der Waals surface area (Å²) < 4.78 is 81.4. The van der Waals surface area contributed by atoms with Crippen molar-refractivity contribution < 1.29 is 61.5 Å². The Labute approximate surface area is 454 Å². The highest BCUT2D eigenvalue weighted by atomic mass is 31.2. The van der Waals surface area contributed by atoms with Gasteiger partial charge in [0.15, 0.2) is 6.29 Å². The largest absolute Gasteiger partial charge is 0.475 e. The summed E-state index contributed by atoms with van der Waals surface area (Å²) in [6.45, 7) is -0.265. The fraction of sp³-hybridized carbons (Fsp3) is 0.311. The number of nitrogens with zero attached hydrogens (tertiary/aromatic N) is 3. The van der Waals surface area contributed by atoms with Crippen molar-refractivity contribution in [2.75, 3.05) is 6.61 Å². The molecule has 7 aromatic carbocycles. The number of hydrogen-bond donors (Lipinski definition) is 2. The van der Waals surface area contributed by atoms with Crippen LogP contribution in [0, 0.1) is 0 Å². The lowest BCUT2D eigenvalue weighted by molar-refractivity contribution is -0.331. The Bertz CT molecular complexity index is 2870. The molecule has 0 amide bonds. The number of aliphatic hydroxyl groups excluding tert-OH is 2. The van der Waals surface area contributed by atoms with Gasteiger partial charge in [-0.1, -0.05) is 217 Å². The first-order valence-electron chi connectivity index (χ1n) is 25.9. The summed E-state index contributed by atoms with van der Waals surface area (Å²) in [6, 6.07) is 64.1. The van der Waals surface area contributed by atoms with Gasteiger partial charge in [0, 0.05) is 4.91 Å². The first-order chi connectivity index (χ1) is 38.3. The minimum atomic E-state index is -4.64. The number of aliphatic hydroxyl groups is 2. The molecule has 1 aliphatic carbocycles. The molecule has 0 unspecified atom stereocenters. The predicted octanol–water partition coefficient (Wildman–Crippen LogP) is 11.0. The minimum Gasteiger partial charge on any atom is -0.387 e. The second kappa shape index (κ2) is 29.0. The molecule has 17 heteroatoms. The zero-order valence-electron chi connectivity index (χ0n) is 42.9. The van der Waals surface area contributed by atoms with E-state index >= 15 is 4.57 Å². The van der Waals surface area contributed by atoms with Crippen molar-refractivity contribution in [3.63, 3.8) is 0 Å². The van der Waals surface area contributed by atoms with Crippen LogP contribution in [0.2, 0.25) is 0 Å². The Hall–Kier alpha value is -6.40. The highest BCUT2D eigenvalue weighted by molar-refractivity contribution is 7.48. The van der Waals surface area contributed by atoms with Crippen LogP contribution in [0.3, 0.4) is 0 Å². The quantitative estimate of drug-likeness (QED) is 0.0214. The average Bonchev–Trinajstić information content (AvgIpc) is 3.57. The van der Waals surface area contributed by atoms with Gasteiger partial charge in [0.2, 0.25) is 0 Å². The maximum Gasteiger partial charge on any atom is 0.475 e. The summed E-state index contributed by atoms with van der Waals surface area (Å²) in [6.07, 6.45) is -13.7. The lowest BCUT2D eigenvalue weighted by atomic mass is 9.83. The van der Waals surface area contributed by atoms with Gasteiger partial charge >= 0.3 is 7.82 Å². The van der Waals surface area contributed by atoms with E-state index in [9.17, 15) is 15.7 Å². The molecule has 1 saturated heterocycles. The third-order valence-corrected chi connectivity index (χ3v) is 14.7. The van der Waals surface area contributed by atoms with Gasteiger partial charge in [-0.3, -0.25) is 13.6 Å². The van der Waals surface area contributed by atoms with Crippen LogP contribution >= 0.6 is 7.82 Å². The molecular weight excluding hydrogens is 1010 g/mol. The van der Waals surface area contributed by atoms with Crippen molar-refractivity contribution in [2.45, 2.75) is 114 Å². The normalized spacial score (nSPS) is 24.3. The van der Waals surface area contributed by atoms with Gasteiger partial charge in [-0.25, -0.2) is 4.57 Å². The Morgan fingerprint density at radius 2 is 0.769 bits per heavy atom. The van der Waals surface area contributed by atoms with Crippen molar-refractivity contribution in [1.82, 2.24) is 0 Å². The van der Waals surface area contributed by atoms with Crippen LogP contribution in [-0.4, -0.2) is 84.1 Å². The molecule has 11 atom stereocenters. The van der Waals surface area contributed by atoms with Crippen molar-refractivity contribution in [3.8, 4) is 0 Å². The van der Waals surface area contributed by atoms with Gasteiger partial charge in [0.25, 0.3) is 0 Å². The lowest BCUT2D eigenvalue weighted by Crippen LogP contribution is -2.68. The molecule has 406 valence electrons. The summed E-state index contributed by atoms with van der Waals surface area (Å²) in [5.41, 5.74) is 15.9. The standard InChI is InChI=1S/C61H64N3O13P/c62-64-63-52-56(69-37-45-24-10-2-11-25-45)55(77-78(67,73-41-49-32-18-6-19-33-49)74-42-50-34-20-7-21-35-50)51(43-68-36-44-22-8-1-9-23-44)75-61(52)76-58-54(66)53(65)57(70-38-46-26-12-3-13-27-46)59(71-39-47-28-14-4-15-29-47)60(58)72-40-48-30-16-5-17-31-48/h1-35,51-61,65-66H,36-43H2/t51-,52-,53+,54-,55-,56-,57+,58+,59-,60-,61-/m1/s1. The van der Waals surface area contributed by atoms with Gasteiger partial charge in [-0.05, 0) is 44.5 Å². The van der Waals surface area contributed by atoms with Crippen LogP contribution in [0.25, 0.3) is 10.4 Å². The van der Waals surface area contributed by atoms with Crippen LogP contribution < -0.4 is 0 Å². The molecule has 2 aliphatic rings. The summed E-state index contributed by atoms with van der Waals surface area (Å²) in [4.78, 5) is 3.27. The van der Waals surface area contributed by atoms with Gasteiger partial charge in [-0.2, -0.15) is 0 Å². The first-order valence-corrected chi connectivity index (χ1v) is 27.4. The number of hydrogen-bond acceptors (Lipinski definition) is 14. The Kier molecular flexibility index (Phi) is 20.9. The van der Waals surface area contributed by atoms with Crippen molar-refractivity contribution in [3.05, 3.63) is 262 Å². The molecule has 1 aliphatic heterocycles. The Morgan fingerprint density at radius 3 is 1.17 bits per heavy atom. The third-order valence-electron chi connectivity index (χ3n) is 13.3. The smallest absolute Gasteiger partial charge is 0.387 e. The van der Waals surface area contributed by atoms with E-state index in [4.69, 9.17) is 46.7 Å². The van der Waals surface area contributed by atoms with E-state index in [1.54, 1.807) is 0 Å². The van der Waals surface area contributed by atoms with Crippen LogP contribution in [0.15, 0.2) is 217 Å². The van der Waals surface area contributed by atoms with E-state index in [0.717, 1.165) is 27.8 Å². The van der Waals surface area contributed by atoms with Crippen LogP contribution in [0.1, 0.15) is 38.9 Å². The molecular formula is C61H64N3O13P. The van der Waals surface area contributed by atoms with Crippen LogP contribution in [-0.2, 0) is 97.5 Å². The number of ether oxygens (including phenoxy) is 7. The SMILES string of the molecule is [N-]=[N+]=N[C@H]1[C@@H](O[C@H]2[C@H](O)[C@H](O)[C@H](OCc3ccccc3)[C@@H](OCc3ccccc3)[C@@H]2OCc2ccccc2)O[C@H](COCc2ccccc2)[C@@H](OP(=O)(OCc2ccccc2)OCc2ccccc2)[C@@H]1OCc1ccccc1. The predicted molar refractivity (Wildman–Crippen MR) is 290 cm³/mol. The van der Waals surface area contributed by atoms with E-state index in [1.807, 2.05) is 212 Å². The number of benzene rings is 7. The van der Waals surface area contributed by atoms with Crippen molar-refractivity contribution >= 4 is 7.82 Å². The molecule has 7 aromatic rings. The molecule has 0 bridgehead atoms. The summed E-state index contributed by atoms with van der Waals surface area (Å²) in [5.74, 6) is 0. The molecule has 1 heterocycles. The maximum absolute atomic E-state index is 15.4. The minimum absolute atomic E-state index is 0.0337. The maximum atomic E-state index is 15.4. The number of phosphoric ester groups is 1. The number of phosphoric acid groups is 1. The van der Waals surface area contributed by atoms with Crippen molar-refractivity contribution in [2.24, 2.45) is 5.11 Å². The Balaban J connectivity index is 1.10. The molecule has 0 aromatic heterocycles. The Morgan fingerprint density at radius 1 is 0.436 bits per heavy atom. The molecule has 16 nitrogen and oxygen atoms in total. The molecule has 2 fully saturated rings. The van der Waals surface area contributed by atoms with Gasteiger partial charge in [0.05, 0.1) is 52.9 Å². The molecule has 78 heavy (non-hydrogen) atoms. The van der Waals surface area contributed by atoms with Gasteiger partial charge in [-0.15, -0.1) is 0 Å². The fourth-order valence-electron chi connectivity index (χ4n) is 9.31. The second-order valence-electron chi connectivity index (χ2n) is 18.9.